The Hall–Kier alpha value is -0.0400. The molecule has 0 aliphatic rings. The normalized spacial score (nSPS) is 17.3. The summed E-state index contributed by atoms with van der Waals surface area (Å²) in [7, 11) is 0. The van der Waals surface area contributed by atoms with Gasteiger partial charge >= 0.3 is 0 Å². The van der Waals surface area contributed by atoms with Crippen LogP contribution in [0.15, 0.2) is 0 Å². The molecule has 2 unspecified atom stereocenters. The van der Waals surface area contributed by atoms with Gasteiger partial charge in [0.15, 0.2) is 0 Å². The second-order valence-electron chi connectivity index (χ2n) is 7.22. The molecule has 0 rings (SSSR count). The Morgan fingerprint density at radius 1 is 0.824 bits per heavy atom. The second-order valence-corrected chi connectivity index (χ2v) is 7.22. The molecular weight excluding hydrogens is 206 g/mol. The first-order valence-electron chi connectivity index (χ1n) is 7.30. The maximum Gasteiger partial charge on any atom is 0.00104 e. The molecule has 0 aromatic heterocycles. The fraction of sp³-hybridized carbons (Fsp3) is 1.00. The summed E-state index contributed by atoms with van der Waals surface area (Å²) in [6.07, 6.45) is 1.26. The standard InChI is InChI=1S/C16H35N/c1-10-13(4)15(6,7)16(8,9)14(5)11-17-12(2)3/h12-14,17H,10-11H2,1-9H3. The van der Waals surface area contributed by atoms with Crippen molar-refractivity contribution in [2.24, 2.45) is 22.7 Å². The zero-order chi connectivity index (χ0) is 13.9. The zero-order valence-electron chi connectivity index (χ0n) is 13.6. The molecule has 0 aromatic carbocycles. The molecule has 0 aromatic rings. The zero-order valence-corrected chi connectivity index (χ0v) is 13.6. The minimum atomic E-state index is 0.352. The summed E-state index contributed by atoms with van der Waals surface area (Å²) in [6.45, 7) is 22.4. The number of nitrogens with one attached hydrogen (secondary N) is 1. The van der Waals surface area contributed by atoms with E-state index < -0.39 is 0 Å². The summed E-state index contributed by atoms with van der Waals surface area (Å²) < 4.78 is 0. The van der Waals surface area contributed by atoms with Crippen LogP contribution in [0.5, 0.6) is 0 Å². The molecule has 0 saturated carbocycles. The van der Waals surface area contributed by atoms with Crippen molar-refractivity contribution < 1.29 is 0 Å². The van der Waals surface area contributed by atoms with Crippen LogP contribution in [0.25, 0.3) is 0 Å². The van der Waals surface area contributed by atoms with Crippen molar-refractivity contribution in [2.45, 2.75) is 74.8 Å². The maximum atomic E-state index is 3.58. The van der Waals surface area contributed by atoms with E-state index in [0.717, 1.165) is 12.5 Å². The Morgan fingerprint density at radius 2 is 1.24 bits per heavy atom. The molecule has 1 heteroatoms. The van der Waals surface area contributed by atoms with Gasteiger partial charge in [0.05, 0.1) is 0 Å². The van der Waals surface area contributed by atoms with Gasteiger partial charge in [-0.3, -0.25) is 0 Å². The lowest BCUT2D eigenvalue weighted by molar-refractivity contribution is -0.00158. The largest absolute Gasteiger partial charge is 0.314 e. The first-order chi connectivity index (χ1) is 7.57. The monoisotopic (exact) mass is 241 g/mol. The number of rotatable bonds is 7. The molecule has 1 nitrogen and oxygen atoms in total. The van der Waals surface area contributed by atoms with E-state index >= 15 is 0 Å². The van der Waals surface area contributed by atoms with Gasteiger partial charge in [0.1, 0.15) is 0 Å². The Labute approximate surface area is 110 Å². The summed E-state index contributed by atoms with van der Waals surface area (Å²) in [6, 6.07) is 0.583. The third-order valence-electron chi connectivity index (χ3n) is 5.57. The summed E-state index contributed by atoms with van der Waals surface area (Å²) in [5.41, 5.74) is 0.726. The molecular formula is C16H35N. The summed E-state index contributed by atoms with van der Waals surface area (Å²) in [4.78, 5) is 0. The minimum Gasteiger partial charge on any atom is -0.314 e. The predicted molar refractivity (Wildman–Crippen MR) is 79.3 cm³/mol. The third kappa shape index (κ3) is 3.98. The van der Waals surface area contributed by atoms with Gasteiger partial charge in [-0.15, -0.1) is 0 Å². The van der Waals surface area contributed by atoms with Gasteiger partial charge in [-0.05, 0) is 29.2 Å². The van der Waals surface area contributed by atoms with Crippen molar-refractivity contribution in [3.63, 3.8) is 0 Å². The molecule has 0 heterocycles. The highest BCUT2D eigenvalue weighted by Gasteiger charge is 2.43. The van der Waals surface area contributed by atoms with Gasteiger partial charge in [-0.2, -0.15) is 0 Å². The Balaban J connectivity index is 4.73. The molecule has 0 spiro atoms. The van der Waals surface area contributed by atoms with E-state index in [1.54, 1.807) is 0 Å². The predicted octanol–water partition coefficient (Wildman–Crippen LogP) is 4.72. The van der Waals surface area contributed by atoms with Crippen LogP contribution in [0.2, 0.25) is 0 Å². The average molecular weight is 241 g/mol. The molecule has 1 N–H and O–H groups in total. The van der Waals surface area contributed by atoms with Gasteiger partial charge < -0.3 is 5.32 Å². The van der Waals surface area contributed by atoms with Crippen molar-refractivity contribution in [1.82, 2.24) is 5.32 Å². The Bertz CT molecular complexity index is 216. The van der Waals surface area contributed by atoms with Crippen molar-refractivity contribution in [2.75, 3.05) is 6.54 Å². The second kappa shape index (κ2) is 6.22. The van der Waals surface area contributed by atoms with Crippen LogP contribution in [0.4, 0.5) is 0 Å². The molecule has 2 atom stereocenters. The highest BCUT2D eigenvalue weighted by molar-refractivity contribution is 4.93. The molecule has 0 aliphatic carbocycles. The van der Waals surface area contributed by atoms with Crippen LogP contribution in [-0.2, 0) is 0 Å². The topological polar surface area (TPSA) is 12.0 Å². The fourth-order valence-electron chi connectivity index (χ4n) is 2.45. The first-order valence-corrected chi connectivity index (χ1v) is 7.30. The van der Waals surface area contributed by atoms with E-state index in [1.165, 1.54) is 6.42 Å². The van der Waals surface area contributed by atoms with Crippen LogP contribution in [0.3, 0.4) is 0 Å². The molecule has 0 bridgehead atoms. The molecule has 17 heavy (non-hydrogen) atoms. The van der Waals surface area contributed by atoms with Gasteiger partial charge in [0.25, 0.3) is 0 Å². The van der Waals surface area contributed by atoms with E-state index in [2.05, 4.69) is 67.6 Å². The third-order valence-corrected chi connectivity index (χ3v) is 5.57. The lowest BCUT2D eigenvalue weighted by atomic mass is 9.56. The van der Waals surface area contributed by atoms with Crippen molar-refractivity contribution >= 4 is 0 Å². The van der Waals surface area contributed by atoms with E-state index in [1.807, 2.05) is 0 Å². The van der Waals surface area contributed by atoms with Crippen LogP contribution < -0.4 is 5.32 Å². The van der Waals surface area contributed by atoms with E-state index in [9.17, 15) is 0 Å². The Kier molecular flexibility index (Phi) is 6.21. The average Bonchev–Trinajstić information content (AvgIpc) is 2.23. The number of hydrogen-bond acceptors (Lipinski definition) is 1. The first kappa shape index (κ1) is 17.0. The number of hydrogen-bond donors (Lipinski definition) is 1. The SMILES string of the molecule is CCC(C)C(C)(C)C(C)(C)C(C)CNC(C)C. The van der Waals surface area contributed by atoms with Gasteiger partial charge in [-0.25, -0.2) is 0 Å². The van der Waals surface area contributed by atoms with E-state index in [0.29, 0.717) is 22.8 Å². The highest BCUT2D eigenvalue weighted by Crippen LogP contribution is 2.49. The van der Waals surface area contributed by atoms with Crippen molar-refractivity contribution in [1.29, 1.82) is 0 Å². The van der Waals surface area contributed by atoms with Crippen LogP contribution in [0, 0.1) is 22.7 Å². The molecule has 104 valence electrons. The van der Waals surface area contributed by atoms with Gasteiger partial charge in [0.2, 0.25) is 0 Å². The van der Waals surface area contributed by atoms with Crippen LogP contribution >= 0.6 is 0 Å². The van der Waals surface area contributed by atoms with Crippen LogP contribution in [0.1, 0.15) is 68.7 Å². The fourth-order valence-corrected chi connectivity index (χ4v) is 2.45. The lowest BCUT2D eigenvalue weighted by Gasteiger charge is -2.50. The smallest absolute Gasteiger partial charge is 0.00104 e. The molecule has 0 saturated heterocycles. The maximum absolute atomic E-state index is 3.58. The summed E-state index contributed by atoms with van der Waals surface area (Å²) in [5.74, 6) is 1.45. The molecule has 0 fully saturated rings. The van der Waals surface area contributed by atoms with E-state index in [-0.39, 0.29) is 0 Å². The minimum absolute atomic E-state index is 0.352. The summed E-state index contributed by atoms with van der Waals surface area (Å²) >= 11 is 0. The highest BCUT2D eigenvalue weighted by atomic mass is 14.9. The van der Waals surface area contributed by atoms with Crippen molar-refractivity contribution in [3.8, 4) is 0 Å². The summed E-state index contributed by atoms with van der Waals surface area (Å²) in [5, 5.41) is 3.58. The molecule has 0 radical (unpaired) electrons. The van der Waals surface area contributed by atoms with E-state index in [4.69, 9.17) is 0 Å². The molecule has 0 aliphatic heterocycles. The molecule has 0 amide bonds. The van der Waals surface area contributed by atoms with Crippen molar-refractivity contribution in [3.05, 3.63) is 0 Å². The van der Waals surface area contributed by atoms with Gasteiger partial charge in [-0.1, -0.05) is 68.7 Å². The lowest BCUT2D eigenvalue weighted by Crippen LogP contribution is -2.46. The van der Waals surface area contributed by atoms with Gasteiger partial charge in [0, 0.05) is 6.04 Å². The Morgan fingerprint density at radius 3 is 1.59 bits per heavy atom. The van der Waals surface area contributed by atoms with Crippen LogP contribution in [-0.4, -0.2) is 12.6 Å². The quantitative estimate of drug-likeness (QED) is 0.680.